The SMILES string of the molecule is CCNCC1CCN(C(=O)C(C)Oc2ccccc2)CC1.Cl. The Labute approximate surface area is 139 Å². The number of para-hydroxylation sites is 1. The van der Waals surface area contributed by atoms with Gasteiger partial charge in [0.05, 0.1) is 0 Å². The summed E-state index contributed by atoms with van der Waals surface area (Å²) in [5, 5.41) is 3.39. The Bertz CT molecular complexity index is 434. The van der Waals surface area contributed by atoms with E-state index in [1.165, 1.54) is 0 Å². The Morgan fingerprint density at radius 3 is 2.55 bits per heavy atom. The quantitative estimate of drug-likeness (QED) is 0.874. The Morgan fingerprint density at radius 2 is 1.95 bits per heavy atom. The summed E-state index contributed by atoms with van der Waals surface area (Å²) in [6.07, 6.45) is 1.74. The summed E-state index contributed by atoms with van der Waals surface area (Å²) in [6.45, 7) is 7.73. The van der Waals surface area contributed by atoms with Gasteiger partial charge in [-0.1, -0.05) is 25.1 Å². The van der Waals surface area contributed by atoms with Gasteiger partial charge in [0.1, 0.15) is 5.75 Å². The van der Waals surface area contributed by atoms with E-state index in [0.717, 1.165) is 44.8 Å². The number of rotatable bonds is 6. The van der Waals surface area contributed by atoms with Gasteiger partial charge in [0.15, 0.2) is 6.10 Å². The summed E-state index contributed by atoms with van der Waals surface area (Å²) >= 11 is 0. The standard InChI is InChI=1S/C17H26N2O2.ClH/c1-3-18-13-15-9-11-19(12-10-15)17(20)14(2)21-16-7-5-4-6-8-16;/h4-8,14-15,18H,3,9-13H2,1-2H3;1H. The lowest BCUT2D eigenvalue weighted by Crippen LogP contribution is -2.45. The van der Waals surface area contributed by atoms with Crippen LogP contribution in [0.15, 0.2) is 30.3 Å². The van der Waals surface area contributed by atoms with E-state index >= 15 is 0 Å². The van der Waals surface area contributed by atoms with Crippen LogP contribution in [0.3, 0.4) is 0 Å². The number of hydrogen-bond acceptors (Lipinski definition) is 3. The first-order valence-electron chi connectivity index (χ1n) is 7.92. The van der Waals surface area contributed by atoms with E-state index in [-0.39, 0.29) is 18.3 Å². The lowest BCUT2D eigenvalue weighted by molar-refractivity contribution is -0.139. The molecule has 5 heteroatoms. The molecule has 1 aliphatic rings. The number of nitrogens with zero attached hydrogens (tertiary/aromatic N) is 1. The third kappa shape index (κ3) is 5.50. The van der Waals surface area contributed by atoms with Gasteiger partial charge in [-0.05, 0) is 50.9 Å². The number of amides is 1. The van der Waals surface area contributed by atoms with Crippen LogP contribution in [0.2, 0.25) is 0 Å². The van der Waals surface area contributed by atoms with Crippen molar-refractivity contribution in [2.75, 3.05) is 26.2 Å². The monoisotopic (exact) mass is 326 g/mol. The Balaban J connectivity index is 0.00000242. The van der Waals surface area contributed by atoms with E-state index in [4.69, 9.17) is 4.74 Å². The summed E-state index contributed by atoms with van der Waals surface area (Å²) in [5.41, 5.74) is 0. The van der Waals surface area contributed by atoms with Gasteiger partial charge in [0.25, 0.3) is 5.91 Å². The molecule has 0 saturated carbocycles. The normalized spacial score (nSPS) is 16.7. The second-order valence-electron chi connectivity index (χ2n) is 5.65. The lowest BCUT2D eigenvalue weighted by atomic mass is 9.96. The third-order valence-electron chi connectivity index (χ3n) is 4.01. The highest BCUT2D eigenvalue weighted by Gasteiger charge is 2.26. The maximum atomic E-state index is 12.4. The number of nitrogens with one attached hydrogen (secondary N) is 1. The molecule has 1 aromatic rings. The number of carbonyl (C=O) groups is 1. The van der Waals surface area contributed by atoms with Crippen molar-refractivity contribution in [2.24, 2.45) is 5.92 Å². The fourth-order valence-corrected chi connectivity index (χ4v) is 2.72. The zero-order chi connectivity index (χ0) is 15.1. The molecular formula is C17H27ClN2O2. The minimum Gasteiger partial charge on any atom is -0.481 e. The van der Waals surface area contributed by atoms with E-state index in [1.807, 2.05) is 42.2 Å². The first-order valence-corrected chi connectivity index (χ1v) is 7.92. The Morgan fingerprint density at radius 1 is 1.32 bits per heavy atom. The molecule has 22 heavy (non-hydrogen) atoms. The van der Waals surface area contributed by atoms with E-state index < -0.39 is 6.10 Å². The van der Waals surface area contributed by atoms with Gasteiger partial charge >= 0.3 is 0 Å². The number of benzene rings is 1. The molecule has 1 amide bonds. The molecule has 1 fully saturated rings. The van der Waals surface area contributed by atoms with Crippen LogP contribution in [0, 0.1) is 5.92 Å². The number of hydrogen-bond donors (Lipinski definition) is 1. The molecule has 1 heterocycles. The van der Waals surface area contributed by atoms with Gasteiger partial charge in [-0.2, -0.15) is 0 Å². The zero-order valence-electron chi connectivity index (χ0n) is 13.5. The average molecular weight is 327 g/mol. The molecule has 0 aliphatic carbocycles. The summed E-state index contributed by atoms with van der Waals surface area (Å²) in [4.78, 5) is 14.3. The largest absolute Gasteiger partial charge is 0.481 e. The van der Waals surface area contributed by atoms with Crippen molar-refractivity contribution >= 4 is 18.3 Å². The van der Waals surface area contributed by atoms with Crippen LogP contribution in [0.1, 0.15) is 26.7 Å². The number of ether oxygens (including phenoxy) is 1. The summed E-state index contributed by atoms with van der Waals surface area (Å²) in [7, 11) is 0. The van der Waals surface area contributed by atoms with Gasteiger partial charge < -0.3 is 15.0 Å². The molecule has 1 atom stereocenters. The highest BCUT2D eigenvalue weighted by Crippen LogP contribution is 2.18. The van der Waals surface area contributed by atoms with Crippen LogP contribution >= 0.6 is 12.4 Å². The molecule has 4 nitrogen and oxygen atoms in total. The van der Waals surface area contributed by atoms with Gasteiger partial charge in [0.2, 0.25) is 0 Å². The maximum Gasteiger partial charge on any atom is 0.263 e. The summed E-state index contributed by atoms with van der Waals surface area (Å²) < 4.78 is 5.72. The molecule has 2 rings (SSSR count). The van der Waals surface area contributed by atoms with E-state index in [2.05, 4.69) is 12.2 Å². The zero-order valence-corrected chi connectivity index (χ0v) is 14.3. The number of likely N-dealkylation sites (tertiary alicyclic amines) is 1. The molecule has 1 unspecified atom stereocenters. The smallest absolute Gasteiger partial charge is 0.263 e. The van der Waals surface area contributed by atoms with Crippen LogP contribution in [0.25, 0.3) is 0 Å². The fraction of sp³-hybridized carbons (Fsp3) is 0.588. The predicted octanol–water partition coefficient (Wildman–Crippen LogP) is 2.72. The Hall–Kier alpha value is -1.26. The molecule has 0 radical (unpaired) electrons. The first-order chi connectivity index (χ1) is 10.2. The van der Waals surface area contributed by atoms with Crippen molar-refractivity contribution in [3.05, 3.63) is 30.3 Å². The Kier molecular flexibility index (Phi) is 8.28. The molecule has 1 saturated heterocycles. The van der Waals surface area contributed by atoms with Crippen molar-refractivity contribution < 1.29 is 9.53 Å². The molecule has 0 bridgehead atoms. The van der Waals surface area contributed by atoms with E-state index in [0.29, 0.717) is 5.92 Å². The van der Waals surface area contributed by atoms with Gasteiger partial charge in [-0.25, -0.2) is 0 Å². The molecule has 1 aromatic carbocycles. The second kappa shape index (κ2) is 9.70. The number of carbonyl (C=O) groups excluding carboxylic acids is 1. The van der Waals surface area contributed by atoms with Gasteiger partial charge in [-0.3, -0.25) is 4.79 Å². The summed E-state index contributed by atoms with van der Waals surface area (Å²) in [5.74, 6) is 1.54. The average Bonchev–Trinajstić information content (AvgIpc) is 2.53. The van der Waals surface area contributed by atoms with Crippen LogP contribution in [0.5, 0.6) is 5.75 Å². The molecule has 0 spiro atoms. The van der Waals surface area contributed by atoms with Crippen molar-refractivity contribution in [2.45, 2.75) is 32.8 Å². The molecule has 0 aromatic heterocycles. The lowest BCUT2D eigenvalue weighted by Gasteiger charge is -2.33. The highest BCUT2D eigenvalue weighted by molar-refractivity contribution is 5.85. The summed E-state index contributed by atoms with van der Waals surface area (Å²) in [6, 6.07) is 9.53. The van der Waals surface area contributed by atoms with Crippen molar-refractivity contribution in [1.29, 1.82) is 0 Å². The van der Waals surface area contributed by atoms with Crippen LogP contribution in [-0.4, -0.2) is 43.1 Å². The predicted molar refractivity (Wildman–Crippen MR) is 91.6 cm³/mol. The van der Waals surface area contributed by atoms with Crippen molar-refractivity contribution in [3.63, 3.8) is 0 Å². The van der Waals surface area contributed by atoms with Crippen LogP contribution in [0.4, 0.5) is 0 Å². The fourth-order valence-electron chi connectivity index (χ4n) is 2.72. The van der Waals surface area contributed by atoms with Gasteiger partial charge in [-0.15, -0.1) is 12.4 Å². The van der Waals surface area contributed by atoms with E-state index in [1.54, 1.807) is 0 Å². The minimum absolute atomic E-state index is 0. The first kappa shape index (κ1) is 18.8. The maximum absolute atomic E-state index is 12.4. The third-order valence-corrected chi connectivity index (χ3v) is 4.01. The molecular weight excluding hydrogens is 300 g/mol. The van der Waals surface area contributed by atoms with E-state index in [9.17, 15) is 4.79 Å². The minimum atomic E-state index is -0.419. The molecule has 1 N–H and O–H groups in total. The topological polar surface area (TPSA) is 41.6 Å². The molecule has 1 aliphatic heterocycles. The van der Waals surface area contributed by atoms with Crippen LogP contribution in [-0.2, 0) is 4.79 Å². The van der Waals surface area contributed by atoms with Crippen molar-refractivity contribution in [1.82, 2.24) is 10.2 Å². The van der Waals surface area contributed by atoms with Crippen LogP contribution < -0.4 is 10.1 Å². The highest BCUT2D eigenvalue weighted by atomic mass is 35.5. The van der Waals surface area contributed by atoms with Gasteiger partial charge in [0, 0.05) is 13.1 Å². The molecule has 124 valence electrons. The second-order valence-corrected chi connectivity index (χ2v) is 5.65. The number of halogens is 1. The number of piperidine rings is 1. The van der Waals surface area contributed by atoms with Crippen molar-refractivity contribution in [3.8, 4) is 5.75 Å².